The van der Waals surface area contributed by atoms with Crippen LogP contribution < -0.4 is 21.3 Å². The number of amides is 1. The number of anilines is 2. The van der Waals surface area contributed by atoms with Gasteiger partial charge < -0.3 is 25.8 Å². The summed E-state index contributed by atoms with van der Waals surface area (Å²) in [7, 11) is 1.43. The molecule has 1 aliphatic carbocycles. The Labute approximate surface area is 138 Å². The highest BCUT2D eigenvalue weighted by atomic mass is 16.5. The summed E-state index contributed by atoms with van der Waals surface area (Å²) >= 11 is 0. The number of nitrogens with zero attached hydrogens (tertiary/aromatic N) is 1. The molecule has 2 aromatic rings. The Hall–Kier alpha value is -3.09. The monoisotopic (exact) mass is 326 g/mol. The van der Waals surface area contributed by atoms with E-state index in [1.54, 1.807) is 22.9 Å². The van der Waals surface area contributed by atoms with Crippen molar-refractivity contribution < 1.29 is 9.53 Å². The summed E-state index contributed by atoms with van der Waals surface area (Å²) in [6, 6.07) is 6.49. The molecule has 7 heteroatoms. The molecule has 3 rings (SSSR count). The maximum absolute atomic E-state index is 12.6. The van der Waals surface area contributed by atoms with Gasteiger partial charge in [-0.3, -0.25) is 9.59 Å². The largest absolute Gasteiger partial charge is 0.496 e. The molecule has 24 heavy (non-hydrogen) atoms. The Kier molecular flexibility index (Phi) is 4.07. The Morgan fingerprint density at radius 2 is 2.21 bits per heavy atom. The minimum Gasteiger partial charge on any atom is -0.496 e. The molecule has 0 spiro atoms. The van der Waals surface area contributed by atoms with Gasteiger partial charge in [-0.15, -0.1) is 0 Å². The van der Waals surface area contributed by atoms with Crippen LogP contribution in [0.15, 0.2) is 35.3 Å². The van der Waals surface area contributed by atoms with E-state index in [2.05, 4.69) is 5.32 Å². The van der Waals surface area contributed by atoms with Gasteiger partial charge in [-0.2, -0.15) is 0 Å². The topological polar surface area (TPSA) is 110 Å². The molecule has 1 heterocycles. The molecule has 1 aromatic carbocycles. The Bertz CT molecular complexity index is 869. The molecule has 0 radical (unpaired) electrons. The van der Waals surface area contributed by atoms with E-state index in [1.807, 2.05) is 0 Å². The molecule has 1 aliphatic rings. The first-order valence-electron chi connectivity index (χ1n) is 7.55. The number of nitrogens with one attached hydrogen (secondary N) is 2. The van der Waals surface area contributed by atoms with E-state index in [0.717, 1.165) is 19.1 Å². The predicted octanol–water partition coefficient (Wildman–Crippen LogP) is 2.02. The molecule has 0 atom stereocenters. The van der Waals surface area contributed by atoms with Crippen molar-refractivity contribution >= 4 is 23.5 Å². The van der Waals surface area contributed by atoms with Crippen molar-refractivity contribution in [3.05, 3.63) is 51.9 Å². The lowest BCUT2D eigenvalue weighted by atomic mass is 10.1. The first-order chi connectivity index (χ1) is 11.5. The van der Waals surface area contributed by atoms with Crippen LogP contribution in [-0.2, 0) is 0 Å². The number of nitrogen functional groups attached to an aromatic ring is 1. The van der Waals surface area contributed by atoms with E-state index in [4.69, 9.17) is 15.9 Å². The molecule has 0 bridgehead atoms. The normalized spacial score (nSPS) is 13.4. The molecule has 0 aliphatic heterocycles. The van der Waals surface area contributed by atoms with Crippen molar-refractivity contribution in [2.75, 3.05) is 18.2 Å². The van der Waals surface area contributed by atoms with Gasteiger partial charge in [0.1, 0.15) is 11.4 Å². The SMILES string of the molecule is COc1cc(N)c(C=N)cc1C(=O)Nc1cccn(C2CC2)c1=O. The Balaban J connectivity index is 1.94. The third-order valence-electron chi connectivity index (χ3n) is 3.97. The van der Waals surface area contributed by atoms with Crippen LogP contribution in [0.3, 0.4) is 0 Å². The van der Waals surface area contributed by atoms with Crippen molar-refractivity contribution in [3.63, 3.8) is 0 Å². The van der Waals surface area contributed by atoms with Crippen LogP contribution in [0.4, 0.5) is 11.4 Å². The Morgan fingerprint density at radius 3 is 2.83 bits per heavy atom. The molecular formula is C17H18N4O3. The molecule has 4 N–H and O–H groups in total. The second-order valence-electron chi connectivity index (χ2n) is 5.65. The van der Waals surface area contributed by atoms with Gasteiger partial charge in [-0.25, -0.2) is 0 Å². The number of methoxy groups -OCH3 is 1. The van der Waals surface area contributed by atoms with E-state index < -0.39 is 5.91 Å². The van der Waals surface area contributed by atoms with Crippen LogP contribution in [-0.4, -0.2) is 23.8 Å². The van der Waals surface area contributed by atoms with Crippen molar-refractivity contribution in [1.82, 2.24) is 4.57 Å². The predicted molar refractivity (Wildman–Crippen MR) is 92.2 cm³/mol. The first kappa shape index (κ1) is 15.8. The number of rotatable bonds is 5. The zero-order valence-corrected chi connectivity index (χ0v) is 13.2. The number of ether oxygens (including phenoxy) is 1. The molecule has 0 saturated heterocycles. The maximum Gasteiger partial charge on any atom is 0.274 e. The fraction of sp³-hybridized carbons (Fsp3) is 0.235. The van der Waals surface area contributed by atoms with E-state index in [1.165, 1.54) is 19.2 Å². The van der Waals surface area contributed by atoms with Crippen LogP contribution in [0.1, 0.15) is 34.8 Å². The highest BCUT2D eigenvalue weighted by Gasteiger charge is 2.25. The lowest BCUT2D eigenvalue weighted by molar-refractivity contribution is 0.102. The summed E-state index contributed by atoms with van der Waals surface area (Å²) in [5.74, 6) is -0.199. The average Bonchev–Trinajstić information content (AvgIpc) is 3.41. The number of benzene rings is 1. The van der Waals surface area contributed by atoms with Gasteiger partial charge in [-0.1, -0.05) is 0 Å². The van der Waals surface area contributed by atoms with E-state index >= 15 is 0 Å². The van der Waals surface area contributed by atoms with Gasteiger partial charge in [0.05, 0.1) is 12.7 Å². The minimum absolute atomic E-state index is 0.213. The highest BCUT2D eigenvalue weighted by molar-refractivity contribution is 6.07. The third kappa shape index (κ3) is 2.88. The molecular weight excluding hydrogens is 308 g/mol. The smallest absolute Gasteiger partial charge is 0.274 e. The molecule has 0 unspecified atom stereocenters. The second-order valence-corrected chi connectivity index (χ2v) is 5.65. The van der Waals surface area contributed by atoms with E-state index in [0.29, 0.717) is 11.3 Å². The molecule has 1 aromatic heterocycles. The number of carbonyl (C=O) groups excluding carboxylic acids is 1. The Morgan fingerprint density at radius 1 is 1.46 bits per heavy atom. The van der Waals surface area contributed by atoms with Crippen molar-refractivity contribution in [3.8, 4) is 5.75 Å². The summed E-state index contributed by atoms with van der Waals surface area (Å²) in [5.41, 5.74) is 6.75. The van der Waals surface area contributed by atoms with Crippen LogP contribution in [0.2, 0.25) is 0 Å². The van der Waals surface area contributed by atoms with Crippen molar-refractivity contribution in [2.45, 2.75) is 18.9 Å². The summed E-state index contributed by atoms with van der Waals surface area (Å²) < 4.78 is 6.83. The van der Waals surface area contributed by atoms with Crippen LogP contribution in [0.25, 0.3) is 0 Å². The van der Waals surface area contributed by atoms with Gasteiger partial charge >= 0.3 is 0 Å². The fourth-order valence-electron chi connectivity index (χ4n) is 2.52. The van der Waals surface area contributed by atoms with Crippen LogP contribution >= 0.6 is 0 Å². The molecule has 1 fully saturated rings. The second kappa shape index (κ2) is 6.19. The van der Waals surface area contributed by atoms with Crippen LogP contribution in [0.5, 0.6) is 5.75 Å². The zero-order valence-electron chi connectivity index (χ0n) is 13.2. The zero-order chi connectivity index (χ0) is 17.3. The van der Waals surface area contributed by atoms with Gasteiger partial charge in [0.2, 0.25) is 0 Å². The summed E-state index contributed by atoms with van der Waals surface area (Å²) in [5, 5.41) is 9.98. The van der Waals surface area contributed by atoms with Gasteiger partial charge in [0.25, 0.3) is 11.5 Å². The average molecular weight is 326 g/mol. The van der Waals surface area contributed by atoms with E-state index in [9.17, 15) is 9.59 Å². The number of carbonyl (C=O) groups is 1. The number of nitrogens with two attached hydrogens (primary N) is 1. The summed E-state index contributed by atoms with van der Waals surface area (Å²) in [6.45, 7) is 0. The number of hydrogen-bond acceptors (Lipinski definition) is 5. The van der Waals surface area contributed by atoms with E-state index in [-0.39, 0.29) is 28.6 Å². The highest BCUT2D eigenvalue weighted by Crippen LogP contribution is 2.33. The standard InChI is InChI=1S/C17H18N4O3/c1-24-15-8-13(19)10(9-18)7-12(15)16(22)20-14-3-2-6-21(17(14)23)11-4-5-11/h2-3,6-9,11,18H,4-5,19H2,1H3,(H,20,22). The van der Waals surface area contributed by atoms with Gasteiger partial charge in [-0.05, 0) is 31.0 Å². The first-order valence-corrected chi connectivity index (χ1v) is 7.55. The summed E-state index contributed by atoms with van der Waals surface area (Å²) in [6.07, 6.45) is 4.75. The van der Waals surface area contributed by atoms with Gasteiger partial charge in [0.15, 0.2) is 0 Å². The lowest BCUT2D eigenvalue weighted by Crippen LogP contribution is -2.25. The molecule has 7 nitrogen and oxygen atoms in total. The quantitative estimate of drug-likeness (QED) is 0.576. The fourth-order valence-corrected chi connectivity index (χ4v) is 2.52. The minimum atomic E-state index is -0.486. The number of pyridine rings is 1. The van der Waals surface area contributed by atoms with Crippen LogP contribution in [0, 0.1) is 5.41 Å². The molecule has 1 amide bonds. The third-order valence-corrected chi connectivity index (χ3v) is 3.97. The van der Waals surface area contributed by atoms with Crippen molar-refractivity contribution in [2.24, 2.45) is 0 Å². The molecule has 1 saturated carbocycles. The lowest BCUT2D eigenvalue weighted by Gasteiger charge is -2.12. The summed E-state index contributed by atoms with van der Waals surface area (Å²) in [4.78, 5) is 25.0. The van der Waals surface area contributed by atoms with Gasteiger partial charge in [0, 0.05) is 35.8 Å². The number of aromatic nitrogens is 1. The van der Waals surface area contributed by atoms with Crippen molar-refractivity contribution in [1.29, 1.82) is 5.41 Å². The number of hydrogen-bond donors (Lipinski definition) is 3. The molecule has 124 valence electrons. The maximum atomic E-state index is 12.6.